The maximum absolute atomic E-state index is 11.9. The molecule has 94 valence electrons. The molecule has 2 aliphatic rings. The Balaban J connectivity index is 1.76. The van der Waals surface area contributed by atoms with Gasteiger partial charge in [0.15, 0.2) is 0 Å². The van der Waals surface area contributed by atoms with Crippen LogP contribution in [0, 0.1) is 0 Å². The molecule has 1 atom stereocenters. The summed E-state index contributed by atoms with van der Waals surface area (Å²) in [6.07, 6.45) is 1.73. The highest BCUT2D eigenvalue weighted by molar-refractivity contribution is 6.12. The number of nitrogens with one attached hydrogen (secondary N) is 1. The summed E-state index contributed by atoms with van der Waals surface area (Å²) in [6, 6.07) is 7.73. The molecule has 5 nitrogen and oxygen atoms in total. The van der Waals surface area contributed by atoms with Crippen molar-refractivity contribution in [3.8, 4) is 0 Å². The van der Waals surface area contributed by atoms with Crippen molar-refractivity contribution in [2.75, 3.05) is 31.6 Å². The van der Waals surface area contributed by atoms with Crippen molar-refractivity contribution in [2.45, 2.75) is 5.92 Å². The number of hydrazone groups is 1. The van der Waals surface area contributed by atoms with E-state index >= 15 is 0 Å². The van der Waals surface area contributed by atoms with Crippen LogP contribution in [0.25, 0.3) is 0 Å². The zero-order chi connectivity index (χ0) is 12.4. The maximum atomic E-state index is 11.9. The number of fused-ring (bicyclic) bond motifs is 1. The quantitative estimate of drug-likeness (QED) is 0.792. The van der Waals surface area contributed by atoms with Gasteiger partial charge in [0.1, 0.15) is 5.92 Å². The molecule has 0 aromatic heterocycles. The van der Waals surface area contributed by atoms with Crippen molar-refractivity contribution in [1.29, 1.82) is 0 Å². The van der Waals surface area contributed by atoms with E-state index in [1.165, 1.54) is 0 Å². The number of morpholine rings is 1. The van der Waals surface area contributed by atoms with Gasteiger partial charge in [-0.3, -0.25) is 9.80 Å². The zero-order valence-corrected chi connectivity index (χ0v) is 10.0. The Labute approximate surface area is 105 Å². The third-order valence-corrected chi connectivity index (χ3v) is 3.20. The van der Waals surface area contributed by atoms with Crippen LogP contribution in [0.4, 0.5) is 5.69 Å². The molecule has 18 heavy (non-hydrogen) atoms. The predicted octanol–water partition coefficient (Wildman–Crippen LogP) is 1.04. The predicted molar refractivity (Wildman–Crippen MR) is 68.7 cm³/mol. The van der Waals surface area contributed by atoms with E-state index in [0.29, 0.717) is 13.2 Å². The number of ether oxygens (including phenoxy) is 1. The number of hydrogen-bond donors (Lipinski definition) is 1. The Hall–Kier alpha value is -1.88. The number of carbonyl (C=O) groups excluding carboxylic acids is 1. The Bertz CT molecular complexity index is 481. The van der Waals surface area contributed by atoms with Crippen LogP contribution < -0.4 is 5.32 Å². The highest BCUT2D eigenvalue weighted by atomic mass is 16.5. The molecule has 2 heterocycles. The average Bonchev–Trinajstić information content (AvgIpc) is 2.73. The van der Waals surface area contributed by atoms with Crippen molar-refractivity contribution >= 4 is 17.8 Å². The minimum Gasteiger partial charge on any atom is -0.378 e. The number of amides is 1. The van der Waals surface area contributed by atoms with Crippen molar-refractivity contribution in [3.63, 3.8) is 0 Å². The normalized spacial score (nSPS) is 23.2. The Morgan fingerprint density at radius 2 is 2.11 bits per heavy atom. The monoisotopic (exact) mass is 245 g/mol. The molecule has 1 aromatic carbocycles. The molecule has 0 bridgehead atoms. The van der Waals surface area contributed by atoms with Crippen molar-refractivity contribution in [3.05, 3.63) is 29.8 Å². The Morgan fingerprint density at radius 1 is 1.33 bits per heavy atom. The van der Waals surface area contributed by atoms with Gasteiger partial charge < -0.3 is 10.1 Å². The van der Waals surface area contributed by atoms with Crippen molar-refractivity contribution < 1.29 is 9.53 Å². The summed E-state index contributed by atoms with van der Waals surface area (Å²) in [6.45, 7) is 2.97. The number of benzene rings is 1. The Morgan fingerprint density at radius 3 is 2.94 bits per heavy atom. The van der Waals surface area contributed by atoms with Crippen LogP contribution in [0.1, 0.15) is 11.5 Å². The van der Waals surface area contributed by atoms with Gasteiger partial charge in [0.2, 0.25) is 5.91 Å². The van der Waals surface area contributed by atoms with E-state index in [9.17, 15) is 4.79 Å². The summed E-state index contributed by atoms with van der Waals surface area (Å²) >= 11 is 0. The average molecular weight is 245 g/mol. The van der Waals surface area contributed by atoms with Gasteiger partial charge in [-0.1, -0.05) is 18.2 Å². The SMILES string of the molecule is O=C1Nc2ccccc2C1C=NN1CCOCC1. The third-order valence-electron chi connectivity index (χ3n) is 3.20. The minimum atomic E-state index is -0.274. The van der Waals surface area contributed by atoms with E-state index in [1.54, 1.807) is 6.21 Å². The fourth-order valence-electron chi connectivity index (χ4n) is 2.21. The van der Waals surface area contributed by atoms with E-state index in [1.807, 2.05) is 29.3 Å². The summed E-state index contributed by atoms with van der Waals surface area (Å²) in [5.74, 6) is -0.280. The first-order valence-corrected chi connectivity index (χ1v) is 6.11. The van der Waals surface area contributed by atoms with E-state index < -0.39 is 0 Å². The second kappa shape index (κ2) is 4.78. The van der Waals surface area contributed by atoms with Gasteiger partial charge in [0.05, 0.1) is 26.3 Å². The summed E-state index contributed by atoms with van der Waals surface area (Å²) in [7, 11) is 0. The maximum Gasteiger partial charge on any atom is 0.237 e. The fraction of sp³-hybridized carbons (Fsp3) is 0.385. The number of carbonyl (C=O) groups is 1. The fourth-order valence-corrected chi connectivity index (χ4v) is 2.21. The van der Waals surface area contributed by atoms with Gasteiger partial charge >= 0.3 is 0 Å². The van der Waals surface area contributed by atoms with Crippen LogP contribution in [0.2, 0.25) is 0 Å². The molecule has 0 radical (unpaired) electrons. The topological polar surface area (TPSA) is 53.9 Å². The van der Waals surface area contributed by atoms with Crippen molar-refractivity contribution in [2.24, 2.45) is 5.10 Å². The first kappa shape index (κ1) is 11.2. The molecule has 2 aliphatic heterocycles. The molecule has 0 aliphatic carbocycles. The third kappa shape index (κ3) is 2.09. The second-order valence-corrected chi connectivity index (χ2v) is 4.38. The molecule has 1 aromatic rings. The van der Waals surface area contributed by atoms with E-state index in [4.69, 9.17) is 4.74 Å². The molecule has 0 saturated carbocycles. The summed E-state index contributed by atoms with van der Waals surface area (Å²) in [5, 5.41) is 9.19. The van der Waals surface area contributed by atoms with E-state index in [0.717, 1.165) is 24.3 Å². The van der Waals surface area contributed by atoms with Gasteiger partial charge in [0.25, 0.3) is 0 Å². The summed E-state index contributed by atoms with van der Waals surface area (Å²) in [5.41, 5.74) is 1.89. The molecule has 0 spiro atoms. The summed E-state index contributed by atoms with van der Waals surface area (Å²) in [4.78, 5) is 11.9. The van der Waals surface area contributed by atoms with Crippen LogP contribution in [-0.4, -0.2) is 43.4 Å². The standard InChI is InChI=1S/C13H15N3O2/c17-13-11(9-14-16-5-7-18-8-6-16)10-3-1-2-4-12(10)15-13/h1-4,9,11H,5-8H2,(H,15,17). The van der Waals surface area contributed by atoms with Crippen LogP contribution in [0.15, 0.2) is 29.4 Å². The molecular weight excluding hydrogens is 230 g/mol. The lowest BCUT2D eigenvalue weighted by molar-refractivity contribution is -0.115. The minimum absolute atomic E-state index is 0.00629. The molecular formula is C13H15N3O2. The van der Waals surface area contributed by atoms with Crippen molar-refractivity contribution in [1.82, 2.24) is 5.01 Å². The lowest BCUT2D eigenvalue weighted by atomic mass is 10.0. The highest BCUT2D eigenvalue weighted by Gasteiger charge is 2.28. The molecule has 1 saturated heterocycles. The number of rotatable bonds is 2. The Kier molecular flexibility index (Phi) is 2.98. The number of nitrogens with zero attached hydrogens (tertiary/aromatic N) is 2. The molecule has 1 amide bonds. The van der Waals surface area contributed by atoms with Gasteiger partial charge in [-0.25, -0.2) is 0 Å². The summed E-state index contributed by atoms with van der Waals surface area (Å²) < 4.78 is 5.25. The second-order valence-electron chi connectivity index (χ2n) is 4.38. The van der Waals surface area contributed by atoms with Crippen LogP contribution in [-0.2, 0) is 9.53 Å². The van der Waals surface area contributed by atoms with E-state index in [2.05, 4.69) is 10.4 Å². The van der Waals surface area contributed by atoms with Gasteiger partial charge in [-0.15, -0.1) is 0 Å². The number of para-hydroxylation sites is 1. The smallest absolute Gasteiger partial charge is 0.237 e. The van der Waals surface area contributed by atoms with Crippen LogP contribution in [0.3, 0.4) is 0 Å². The highest BCUT2D eigenvalue weighted by Crippen LogP contribution is 2.30. The van der Waals surface area contributed by atoms with Crippen LogP contribution in [0.5, 0.6) is 0 Å². The van der Waals surface area contributed by atoms with Gasteiger partial charge in [0, 0.05) is 11.9 Å². The molecule has 1 N–H and O–H groups in total. The van der Waals surface area contributed by atoms with Crippen LogP contribution >= 0.6 is 0 Å². The van der Waals surface area contributed by atoms with E-state index in [-0.39, 0.29) is 11.8 Å². The largest absolute Gasteiger partial charge is 0.378 e. The molecule has 5 heteroatoms. The molecule has 1 fully saturated rings. The number of hydrogen-bond acceptors (Lipinski definition) is 4. The van der Waals surface area contributed by atoms with Gasteiger partial charge in [-0.2, -0.15) is 5.10 Å². The number of anilines is 1. The van der Waals surface area contributed by atoms with Gasteiger partial charge in [-0.05, 0) is 11.6 Å². The lowest BCUT2D eigenvalue weighted by Crippen LogP contribution is -2.32. The lowest BCUT2D eigenvalue weighted by Gasteiger charge is -2.23. The molecule has 1 unspecified atom stereocenters. The first-order chi connectivity index (χ1) is 8.84. The molecule has 3 rings (SSSR count). The zero-order valence-electron chi connectivity index (χ0n) is 10.0. The first-order valence-electron chi connectivity index (χ1n) is 6.11.